The van der Waals surface area contributed by atoms with Crippen LogP contribution in [0.5, 0.6) is 0 Å². The highest BCUT2D eigenvalue weighted by Gasteiger charge is 2.47. The zero-order valence-corrected chi connectivity index (χ0v) is 10.9. The highest BCUT2D eigenvalue weighted by Crippen LogP contribution is 2.46. The van der Waals surface area contributed by atoms with Gasteiger partial charge in [0.05, 0.1) is 12.5 Å². The summed E-state index contributed by atoms with van der Waals surface area (Å²) < 4.78 is 4.98. The summed E-state index contributed by atoms with van der Waals surface area (Å²) in [5.41, 5.74) is 0.439. The lowest BCUT2D eigenvalue weighted by atomic mass is 10.2. The number of H-pyrrole nitrogens is 2. The third-order valence-electron chi connectivity index (χ3n) is 3.27. The summed E-state index contributed by atoms with van der Waals surface area (Å²) in [7, 11) is 0. The second-order valence-corrected chi connectivity index (χ2v) is 4.69. The zero-order chi connectivity index (χ0) is 14.1. The van der Waals surface area contributed by atoms with E-state index in [1.807, 2.05) is 0 Å². The summed E-state index contributed by atoms with van der Waals surface area (Å²) in [5, 5.41) is 6.92. The minimum atomic E-state index is -0.204. The fraction of sp³-hybridized carbons (Fsp3) is 0.385. The molecule has 2 aromatic rings. The largest absolute Gasteiger partial charge is 0.466 e. The number of pyridine rings is 1. The van der Waals surface area contributed by atoms with E-state index in [1.54, 1.807) is 19.2 Å². The standard InChI is InChI=1S/C13H14N4O3/c1-2-20-13(19)9-6-8(9)12-15-11(16-17-12)7-3-4-14-10(18)5-7/h3-5,8-9H,2,6H2,1H3,(H,14,18)(H,15,16,17)/t8-,9-/m1/s1. The molecule has 0 spiro atoms. The van der Waals surface area contributed by atoms with E-state index < -0.39 is 0 Å². The van der Waals surface area contributed by atoms with Crippen molar-refractivity contribution in [3.05, 3.63) is 34.5 Å². The Balaban J connectivity index is 1.76. The predicted molar refractivity (Wildman–Crippen MR) is 69.9 cm³/mol. The molecule has 7 nitrogen and oxygen atoms in total. The molecule has 0 radical (unpaired) electrons. The molecule has 0 bridgehead atoms. The highest BCUT2D eigenvalue weighted by atomic mass is 16.5. The van der Waals surface area contributed by atoms with Crippen molar-refractivity contribution in [2.24, 2.45) is 5.92 Å². The van der Waals surface area contributed by atoms with Crippen molar-refractivity contribution in [2.45, 2.75) is 19.3 Å². The molecule has 0 amide bonds. The van der Waals surface area contributed by atoms with Crippen molar-refractivity contribution in [1.82, 2.24) is 20.2 Å². The van der Waals surface area contributed by atoms with E-state index in [9.17, 15) is 9.59 Å². The van der Waals surface area contributed by atoms with Crippen LogP contribution >= 0.6 is 0 Å². The number of rotatable bonds is 4. The minimum Gasteiger partial charge on any atom is -0.466 e. The van der Waals surface area contributed by atoms with Gasteiger partial charge in [0.25, 0.3) is 0 Å². The van der Waals surface area contributed by atoms with Crippen molar-refractivity contribution in [2.75, 3.05) is 6.61 Å². The van der Waals surface area contributed by atoms with Crippen molar-refractivity contribution in [3.8, 4) is 11.4 Å². The van der Waals surface area contributed by atoms with Crippen LogP contribution in [0.15, 0.2) is 23.1 Å². The Morgan fingerprint density at radius 1 is 1.55 bits per heavy atom. The van der Waals surface area contributed by atoms with Crippen LogP contribution in [0, 0.1) is 5.92 Å². The lowest BCUT2D eigenvalue weighted by Crippen LogP contribution is -2.07. The normalized spacial score (nSPS) is 20.6. The number of carbonyl (C=O) groups excluding carboxylic acids is 1. The maximum atomic E-state index is 11.6. The monoisotopic (exact) mass is 274 g/mol. The van der Waals surface area contributed by atoms with E-state index in [1.165, 1.54) is 6.07 Å². The molecule has 0 aliphatic heterocycles. The molecule has 1 aliphatic carbocycles. The first-order chi connectivity index (χ1) is 9.69. The van der Waals surface area contributed by atoms with Gasteiger partial charge < -0.3 is 9.72 Å². The molecular formula is C13H14N4O3. The van der Waals surface area contributed by atoms with Gasteiger partial charge in [0.15, 0.2) is 5.82 Å². The van der Waals surface area contributed by atoms with Crippen LogP contribution in [0.1, 0.15) is 25.1 Å². The first-order valence-electron chi connectivity index (χ1n) is 6.47. The average Bonchev–Trinajstić information content (AvgIpc) is 3.09. The number of aromatic nitrogens is 4. The molecule has 0 aromatic carbocycles. The summed E-state index contributed by atoms with van der Waals surface area (Å²) in [4.78, 5) is 29.7. The van der Waals surface area contributed by atoms with Crippen molar-refractivity contribution < 1.29 is 9.53 Å². The average molecular weight is 274 g/mol. The van der Waals surface area contributed by atoms with Gasteiger partial charge in [0.2, 0.25) is 5.56 Å². The summed E-state index contributed by atoms with van der Waals surface area (Å²) >= 11 is 0. The third-order valence-corrected chi connectivity index (χ3v) is 3.27. The number of ether oxygens (including phenoxy) is 1. The van der Waals surface area contributed by atoms with Gasteiger partial charge in [0.1, 0.15) is 5.82 Å². The molecule has 1 fully saturated rings. The lowest BCUT2D eigenvalue weighted by Gasteiger charge is -1.98. The van der Waals surface area contributed by atoms with Gasteiger partial charge in [-0.1, -0.05) is 0 Å². The van der Waals surface area contributed by atoms with E-state index in [-0.39, 0.29) is 23.4 Å². The highest BCUT2D eigenvalue weighted by molar-refractivity contribution is 5.77. The summed E-state index contributed by atoms with van der Waals surface area (Å²) in [6.07, 6.45) is 2.27. The van der Waals surface area contributed by atoms with Crippen molar-refractivity contribution in [1.29, 1.82) is 0 Å². The van der Waals surface area contributed by atoms with Crippen LogP contribution in [0.2, 0.25) is 0 Å². The fourth-order valence-corrected chi connectivity index (χ4v) is 2.16. The summed E-state index contributed by atoms with van der Waals surface area (Å²) in [6.45, 7) is 2.17. The number of esters is 1. The molecule has 104 valence electrons. The van der Waals surface area contributed by atoms with Gasteiger partial charge in [-0.3, -0.25) is 14.7 Å². The molecule has 0 saturated heterocycles. The Hall–Kier alpha value is -2.44. The second kappa shape index (κ2) is 4.92. The number of hydrogen-bond donors (Lipinski definition) is 2. The first-order valence-corrected chi connectivity index (χ1v) is 6.47. The Kier molecular flexibility index (Phi) is 3.09. The molecule has 0 unspecified atom stereocenters. The molecule has 2 heterocycles. The van der Waals surface area contributed by atoms with Gasteiger partial charge in [-0.05, 0) is 19.4 Å². The van der Waals surface area contributed by atoms with Crippen LogP contribution < -0.4 is 5.56 Å². The van der Waals surface area contributed by atoms with Crippen LogP contribution in [-0.2, 0) is 9.53 Å². The van der Waals surface area contributed by atoms with Gasteiger partial charge in [-0.2, -0.15) is 5.10 Å². The Bertz CT molecular complexity index is 691. The molecule has 2 atom stereocenters. The second-order valence-electron chi connectivity index (χ2n) is 4.69. The number of hydrogen-bond acceptors (Lipinski definition) is 5. The van der Waals surface area contributed by atoms with E-state index in [0.29, 0.717) is 23.8 Å². The van der Waals surface area contributed by atoms with Crippen LogP contribution in [0.25, 0.3) is 11.4 Å². The van der Waals surface area contributed by atoms with E-state index >= 15 is 0 Å². The number of nitrogens with zero attached hydrogens (tertiary/aromatic N) is 2. The van der Waals surface area contributed by atoms with E-state index in [0.717, 1.165) is 6.42 Å². The summed E-state index contributed by atoms with van der Waals surface area (Å²) in [6, 6.07) is 3.16. The quantitative estimate of drug-likeness (QED) is 0.804. The van der Waals surface area contributed by atoms with Gasteiger partial charge in [-0.15, -0.1) is 0 Å². The smallest absolute Gasteiger partial charge is 0.309 e. The van der Waals surface area contributed by atoms with E-state index in [2.05, 4.69) is 20.2 Å². The Morgan fingerprint density at radius 3 is 3.15 bits per heavy atom. The molecular weight excluding hydrogens is 260 g/mol. The Labute approximate surface area is 114 Å². The van der Waals surface area contributed by atoms with Gasteiger partial charge >= 0.3 is 5.97 Å². The number of carbonyl (C=O) groups is 1. The maximum Gasteiger partial charge on any atom is 0.309 e. The van der Waals surface area contributed by atoms with Crippen molar-refractivity contribution >= 4 is 5.97 Å². The fourth-order valence-electron chi connectivity index (χ4n) is 2.16. The van der Waals surface area contributed by atoms with Crippen LogP contribution in [0.4, 0.5) is 0 Å². The molecule has 2 aromatic heterocycles. The van der Waals surface area contributed by atoms with Crippen LogP contribution in [-0.4, -0.2) is 32.7 Å². The Morgan fingerprint density at radius 2 is 2.40 bits per heavy atom. The van der Waals surface area contributed by atoms with Gasteiger partial charge in [0, 0.05) is 23.7 Å². The SMILES string of the molecule is CCOC(=O)[C@@H]1C[C@H]1c1nc(-c2cc[nH]c(=O)c2)n[nH]1. The topological polar surface area (TPSA) is 101 Å². The molecule has 1 aliphatic rings. The van der Waals surface area contributed by atoms with Crippen LogP contribution in [0.3, 0.4) is 0 Å². The van der Waals surface area contributed by atoms with E-state index in [4.69, 9.17) is 4.74 Å². The predicted octanol–water partition coefficient (Wildman–Crippen LogP) is 0.827. The maximum absolute atomic E-state index is 11.6. The zero-order valence-electron chi connectivity index (χ0n) is 10.9. The minimum absolute atomic E-state index is 0.0392. The number of nitrogens with one attached hydrogen (secondary N) is 2. The molecule has 3 rings (SSSR count). The molecule has 2 N–H and O–H groups in total. The molecule has 7 heteroatoms. The van der Waals surface area contributed by atoms with Gasteiger partial charge in [-0.25, -0.2) is 4.98 Å². The molecule has 20 heavy (non-hydrogen) atoms. The first kappa shape index (κ1) is 12.6. The van der Waals surface area contributed by atoms with Crippen molar-refractivity contribution in [3.63, 3.8) is 0 Å². The third kappa shape index (κ3) is 2.34. The summed E-state index contributed by atoms with van der Waals surface area (Å²) in [5.74, 6) is 0.845. The number of aromatic amines is 2. The molecule has 1 saturated carbocycles. The lowest BCUT2D eigenvalue weighted by molar-refractivity contribution is -0.144.